The van der Waals surface area contributed by atoms with Gasteiger partial charge < -0.3 is 14.5 Å². The molecule has 0 radical (unpaired) electrons. The van der Waals surface area contributed by atoms with Crippen LogP contribution in [0.5, 0.6) is 5.75 Å². The second-order valence-electron chi connectivity index (χ2n) is 6.24. The summed E-state index contributed by atoms with van der Waals surface area (Å²) in [4.78, 5) is 18.0. The van der Waals surface area contributed by atoms with Crippen molar-refractivity contribution in [2.75, 3.05) is 43.9 Å². The second-order valence-corrected chi connectivity index (χ2v) is 8.17. The minimum Gasteiger partial charge on any atom is -0.495 e. The van der Waals surface area contributed by atoms with Gasteiger partial charge in [-0.3, -0.25) is 4.79 Å². The molecule has 0 aromatic heterocycles. The van der Waals surface area contributed by atoms with Crippen molar-refractivity contribution in [3.8, 4) is 5.75 Å². The van der Waals surface area contributed by atoms with Crippen molar-refractivity contribution in [3.05, 3.63) is 52.5 Å². The molecule has 1 amide bonds. The summed E-state index contributed by atoms with van der Waals surface area (Å²) in [6.45, 7) is 5.22. The summed E-state index contributed by atoms with van der Waals surface area (Å²) in [6.07, 6.45) is 0. The van der Waals surface area contributed by atoms with Crippen LogP contribution < -0.4 is 9.64 Å². The van der Waals surface area contributed by atoms with Crippen LogP contribution in [-0.4, -0.2) is 49.8 Å². The Balaban J connectivity index is 1.53. The van der Waals surface area contributed by atoms with Gasteiger partial charge >= 0.3 is 0 Å². The first-order valence-corrected chi connectivity index (χ1v) is 10.4. The molecule has 0 N–H and O–H groups in total. The van der Waals surface area contributed by atoms with E-state index in [2.05, 4.69) is 46.0 Å². The van der Waals surface area contributed by atoms with Gasteiger partial charge in [0.1, 0.15) is 5.75 Å². The highest BCUT2D eigenvalue weighted by molar-refractivity contribution is 9.10. The van der Waals surface area contributed by atoms with Crippen molar-refractivity contribution in [2.24, 2.45) is 0 Å². The van der Waals surface area contributed by atoms with Crippen LogP contribution in [-0.2, 0) is 4.79 Å². The van der Waals surface area contributed by atoms with Crippen molar-refractivity contribution < 1.29 is 9.53 Å². The topological polar surface area (TPSA) is 32.8 Å². The number of amides is 1. The van der Waals surface area contributed by atoms with E-state index < -0.39 is 0 Å². The quantitative estimate of drug-likeness (QED) is 0.659. The molecule has 1 aliphatic rings. The van der Waals surface area contributed by atoms with E-state index in [0.717, 1.165) is 47.0 Å². The predicted octanol–water partition coefficient (Wildman–Crippen LogP) is 4.21. The summed E-state index contributed by atoms with van der Waals surface area (Å²) in [5.41, 5.74) is 2.29. The van der Waals surface area contributed by atoms with Crippen LogP contribution in [0.4, 0.5) is 5.69 Å². The average Bonchev–Trinajstić information content (AvgIpc) is 2.67. The van der Waals surface area contributed by atoms with Crippen LogP contribution in [0.25, 0.3) is 0 Å². The Morgan fingerprint density at radius 3 is 2.58 bits per heavy atom. The molecule has 1 heterocycles. The van der Waals surface area contributed by atoms with Crippen molar-refractivity contribution in [1.29, 1.82) is 0 Å². The van der Waals surface area contributed by atoms with E-state index in [9.17, 15) is 4.79 Å². The Labute approximate surface area is 167 Å². The number of hydrogen-bond donors (Lipinski definition) is 0. The molecular formula is C20H23BrN2O2S. The molecule has 0 saturated carbocycles. The maximum atomic E-state index is 12.6. The Hall–Kier alpha value is -1.66. The summed E-state index contributed by atoms with van der Waals surface area (Å²) >= 11 is 5.09. The highest BCUT2D eigenvalue weighted by Gasteiger charge is 2.22. The van der Waals surface area contributed by atoms with Gasteiger partial charge in [-0.05, 0) is 42.8 Å². The van der Waals surface area contributed by atoms with Crippen molar-refractivity contribution in [1.82, 2.24) is 4.90 Å². The van der Waals surface area contributed by atoms with E-state index >= 15 is 0 Å². The fourth-order valence-electron chi connectivity index (χ4n) is 3.09. The van der Waals surface area contributed by atoms with E-state index in [1.165, 1.54) is 5.56 Å². The van der Waals surface area contributed by atoms with E-state index in [-0.39, 0.29) is 5.91 Å². The molecule has 2 aromatic rings. The number of methoxy groups -OCH3 is 1. The zero-order valence-corrected chi connectivity index (χ0v) is 17.5. The fourth-order valence-corrected chi connectivity index (χ4v) is 4.48. The highest BCUT2D eigenvalue weighted by Crippen LogP contribution is 2.29. The second kappa shape index (κ2) is 8.82. The number of anilines is 1. The normalized spacial score (nSPS) is 14.4. The van der Waals surface area contributed by atoms with Crippen LogP contribution in [0.1, 0.15) is 5.56 Å². The molecule has 1 fully saturated rings. The number of nitrogens with zero attached hydrogens (tertiary/aromatic N) is 2. The Kier molecular flexibility index (Phi) is 6.48. The van der Waals surface area contributed by atoms with Gasteiger partial charge in [-0.2, -0.15) is 0 Å². The van der Waals surface area contributed by atoms with Crippen LogP contribution in [0.2, 0.25) is 0 Å². The molecule has 6 heteroatoms. The molecule has 4 nitrogen and oxygen atoms in total. The van der Waals surface area contributed by atoms with E-state index in [0.29, 0.717) is 5.75 Å². The van der Waals surface area contributed by atoms with E-state index in [1.807, 2.05) is 29.2 Å². The van der Waals surface area contributed by atoms with Gasteiger partial charge in [0.25, 0.3) is 0 Å². The molecule has 26 heavy (non-hydrogen) atoms. The first-order chi connectivity index (χ1) is 12.6. The van der Waals surface area contributed by atoms with Crippen molar-refractivity contribution in [3.63, 3.8) is 0 Å². The Bertz CT molecular complexity index is 776. The number of thioether (sulfide) groups is 1. The van der Waals surface area contributed by atoms with Gasteiger partial charge in [0.2, 0.25) is 5.91 Å². The summed E-state index contributed by atoms with van der Waals surface area (Å²) in [5, 5.41) is 0. The number of carbonyl (C=O) groups excluding carboxylic acids is 1. The number of piperazine rings is 1. The predicted molar refractivity (Wildman–Crippen MR) is 111 cm³/mol. The lowest BCUT2D eigenvalue weighted by Crippen LogP contribution is -2.49. The standard InChI is InChI=1S/C20H23BrN2O2S/c1-15-13-16(21)7-8-19(15)26-14-20(24)23-11-9-22(10-12-23)17-5-3-4-6-18(17)25-2/h3-8,13H,9-12,14H2,1-2H3. The van der Waals surface area contributed by atoms with Gasteiger partial charge in [0.15, 0.2) is 0 Å². The molecule has 0 aliphatic carbocycles. The van der Waals surface area contributed by atoms with Crippen LogP contribution in [0.15, 0.2) is 51.8 Å². The third-order valence-corrected chi connectivity index (χ3v) is 6.20. The lowest BCUT2D eigenvalue weighted by Gasteiger charge is -2.36. The molecule has 0 bridgehead atoms. The maximum Gasteiger partial charge on any atom is 0.233 e. The molecular weight excluding hydrogens is 412 g/mol. The van der Waals surface area contributed by atoms with Gasteiger partial charge in [0, 0.05) is 35.5 Å². The molecule has 0 spiro atoms. The van der Waals surface area contributed by atoms with Gasteiger partial charge in [-0.25, -0.2) is 0 Å². The minimum absolute atomic E-state index is 0.206. The summed E-state index contributed by atoms with van der Waals surface area (Å²) in [5.74, 6) is 1.57. The van der Waals surface area contributed by atoms with Crippen LogP contribution in [0.3, 0.4) is 0 Å². The molecule has 2 aromatic carbocycles. The molecule has 138 valence electrons. The van der Waals surface area contributed by atoms with Crippen LogP contribution >= 0.6 is 27.7 Å². The molecule has 0 atom stereocenters. The van der Waals surface area contributed by atoms with E-state index in [4.69, 9.17) is 4.74 Å². The first kappa shape index (κ1) is 19.1. The molecule has 3 rings (SSSR count). The monoisotopic (exact) mass is 434 g/mol. The number of rotatable bonds is 5. The maximum absolute atomic E-state index is 12.6. The highest BCUT2D eigenvalue weighted by atomic mass is 79.9. The third-order valence-electron chi connectivity index (χ3n) is 4.55. The lowest BCUT2D eigenvalue weighted by molar-refractivity contribution is -0.128. The van der Waals surface area contributed by atoms with Gasteiger partial charge in [-0.1, -0.05) is 28.1 Å². The first-order valence-electron chi connectivity index (χ1n) is 8.63. The average molecular weight is 435 g/mol. The minimum atomic E-state index is 0.206. The molecule has 0 unspecified atom stereocenters. The Morgan fingerprint density at radius 1 is 1.15 bits per heavy atom. The smallest absolute Gasteiger partial charge is 0.233 e. The number of aryl methyl sites for hydroxylation is 1. The molecule has 1 saturated heterocycles. The fraction of sp³-hybridized carbons (Fsp3) is 0.350. The van der Waals surface area contributed by atoms with Crippen LogP contribution in [0, 0.1) is 6.92 Å². The zero-order chi connectivity index (χ0) is 18.5. The number of carbonyl (C=O) groups is 1. The number of hydrogen-bond acceptors (Lipinski definition) is 4. The molecule has 1 aliphatic heterocycles. The van der Waals surface area contributed by atoms with Crippen molar-refractivity contribution >= 4 is 39.3 Å². The zero-order valence-electron chi connectivity index (χ0n) is 15.1. The lowest BCUT2D eigenvalue weighted by atomic mass is 10.2. The van der Waals surface area contributed by atoms with Gasteiger partial charge in [-0.15, -0.1) is 11.8 Å². The number of benzene rings is 2. The van der Waals surface area contributed by atoms with Crippen molar-refractivity contribution in [2.45, 2.75) is 11.8 Å². The van der Waals surface area contributed by atoms with E-state index in [1.54, 1.807) is 18.9 Å². The SMILES string of the molecule is COc1ccccc1N1CCN(C(=O)CSc2ccc(Br)cc2C)CC1. The third kappa shape index (κ3) is 4.54. The largest absolute Gasteiger partial charge is 0.495 e. The van der Waals surface area contributed by atoms with Gasteiger partial charge in [0.05, 0.1) is 18.6 Å². The number of para-hydroxylation sites is 2. The summed E-state index contributed by atoms with van der Waals surface area (Å²) < 4.78 is 6.52. The summed E-state index contributed by atoms with van der Waals surface area (Å²) in [6, 6.07) is 14.2. The summed E-state index contributed by atoms with van der Waals surface area (Å²) in [7, 11) is 1.69. The Morgan fingerprint density at radius 2 is 1.88 bits per heavy atom. The number of ether oxygens (including phenoxy) is 1. The number of halogens is 1.